The Bertz CT molecular complexity index is 252. The van der Waals surface area contributed by atoms with E-state index < -0.39 is 0 Å². The largest absolute Gasteiger partial charge is 0.383 e. The third kappa shape index (κ3) is 7.79. The molecule has 0 aromatic carbocycles. The molecule has 3 N–H and O–H groups in total. The van der Waals surface area contributed by atoms with Gasteiger partial charge in [0, 0.05) is 52.4 Å². The number of nitrogens with one attached hydrogen (secondary N) is 1. The number of nitrogens with two attached hydrogens (primary N) is 1. The van der Waals surface area contributed by atoms with Gasteiger partial charge >= 0.3 is 0 Å². The van der Waals surface area contributed by atoms with Crippen molar-refractivity contribution in [2.75, 3.05) is 47.1 Å². The average Bonchev–Trinajstić information content (AvgIpc) is 2.44. The van der Waals surface area contributed by atoms with E-state index in [1.54, 1.807) is 14.2 Å². The van der Waals surface area contributed by atoms with Crippen molar-refractivity contribution >= 4 is 5.91 Å². The Morgan fingerprint density at radius 2 is 2.05 bits per heavy atom. The second-order valence-corrected chi connectivity index (χ2v) is 4.98. The lowest BCUT2D eigenvalue weighted by Crippen LogP contribution is -2.50. The predicted molar refractivity (Wildman–Crippen MR) is 80.7 cm³/mol. The molecule has 0 fully saturated rings. The number of amides is 1. The highest BCUT2D eigenvalue weighted by molar-refractivity contribution is 5.76. The van der Waals surface area contributed by atoms with Crippen LogP contribution in [-0.4, -0.2) is 70.0 Å². The molecule has 2 atom stereocenters. The summed E-state index contributed by atoms with van der Waals surface area (Å²) in [5.41, 5.74) is 5.85. The minimum atomic E-state index is 0.00663. The zero-order chi connectivity index (χ0) is 15.4. The van der Waals surface area contributed by atoms with Crippen molar-refractivity contribution in [1.82, 2.24) is 10.2 Å². The SMILES string of the molecule is CCCNC(=O)CC(CN)N(CCOC)C(C)COC. The molecule has 2 unspecified atom stereocenters. The molecule has 6 heteroatoms. The summed E-state index contributed by atoms with van der Waals surface area (Å²) in [6, 6.07) is 0.204. The van der Waals surface area contributed by atoms with Gasteiger partial charge in [-0.3, -0.25) is 9.69 Å². The highest BCUT2D eigenvalue weighted by Gasteiger charge is 2.24. The van der Waals surface area contributed by atoms with Gasteiger partial charge in [0.25, 0.3) is 0 Å². The molecular formula is C14H31N3O3. The van der Waals surface area contributed by atoms with E-state index in [2.05, 4.69) is 17.1 Å². The summed E-state index contributed by atoms with van der Waals surface area (Å²) in [6.07, 6.45) is 1.35. The van der Waals surface area contributed by atoms with Gasteiger partial charge in [0.05, 0.1) is 13.2 Å². The molecule has 0 aromatic heterocycles. The maximum atomic E-state index is 11.9. The molecule has 120 valence electrons. The van der Waals surface area contributed by atoms with Gasteiger partial charge in [-0.25, -0.2) is 0 Å². The van der Waals surface area contributed by atoms with Crippen LogP contribution in [0.5, 0.6) is 0 Å². The van der Waals surface area contributed by atoms with E-state index in [9.17, 15) is 4.79 Å². The first-order chi connectivity index (χ1) is 9.60. The van der Waals surface area contributed by atoms with Crippen LogP contribution in [0.25, 0.3) is 0 Å². The number of carbonyl (C=O) groups is 1. The van der Waals surface area contributed by atoms with Crippen LogP contribution < -0.4 is 11.1 Å². The molecule has 0 aromatic rings. The van der Waals surface area contributed by atoms with Gasteiger partial charge in [0.15, 0.2) is 0 Å². The summed E-state index contributed by atoms with van der Waals surface area (Å²) < 4.78 is 10.3. The lowest BCUT2D eigenvalue weighted by molar-refractivity contribution is -0.122. The summed E-state index contributed by atoms with van der Waals surface area (Å²) >= 11 is 0. The van der Waals surface area contributed by atoms with E-state index in [4.69, 9.17) is 15.2 Å². The predicted octanol–water partition coefficient (Wildman–Crippen LogP) is 0.213. The molecule has 0 saturated heterocycles. The van der Waals surface area contributed by atoms with Crippen LogP contribution in [0.2, 0.25) is 0 Å². The number of rotatable bonds is 12. The van der Waals surface area contributed by atoms with Crippen LogP contribution in [0.15, 0.2) is 0 Å². The van der Waals surface area contributed by atoms with Crippen molar-refractivity contribution in [3.8, 4) is 0 Å². The van der Waals surface area contributed by atoms with E-state index in [1.807, 2.05) is 6.92 Å². The average molecular weight is 289 g/mol. The third-order valence-electron chi connectivity index (χ3n) is 3.26. The summed E-state index contributed by atoms with van der Waals surface area (Å²) in [4.78, 5) is 14.1. The first-order valence-electron chi connectivity index (χ1n) is 7.31. The molecule has 0 spiro atoms. The standard InChI is InChI=1S/C14H31N3O3/c1-5-6-16-14(18)9-13(10-15)17(7-8-19-3)12(2)11-20-4/h12-13H,5-11,15H2,1-4H3,(H,16,18). The molecule has 6 nitrogen and oxygen atoms in total. The van der Waals surface area contributed by atoms with Crippen LogP contribution in [0.3, 0.4) is 0 Å². The quantitative estimate of drug-likeness (QED) is 0.537. The number of ether oxygens (including phenoxy) is 2. The Labute approximate surface area is 123 Å². The van der Waals surface area contributed by atoms with Crippen LogP contribution in [0.4, 0.5) is 0 Å². The highest BCUT2D eigenvalue weighted by atomic mass is 16.5. The van der Waals surface area contributed by atoms with Crippen LogP contribution in [0.1, 0.15) is 26.7 Å². The van der Waals surface area contributed by atoms with E-state index in [-0.39, 0.29) is 18.0 Å². The smallest absolute Gasteiger partial charge is 0.221 e. The number of hydrogen-bond donors (Lipinski definition) is 2. The molecule has 0 aliphatic rings. The highest BCUT2D eigenvalue weighted by Crippen LogP contribution is 2.09. The maximum absolute atomic E-state index is 11.9. The minimum Gasteiger partial charge on any atom is -0.383 e. The van der Waals surface area contributed by atoms with Crippen molar-refractivity contribution in [2.24, 2.45) is 5.73 Å². The summed E-state index contributed by atoms with van der Waals surface area (Å²) in [7, 11) is 3.35. The fourth-order valence-electron chi connectivity index (χ4n) is 2.18. The minimum absolute atomic E-state index is 0.00663. The number of nitrogens with zero attached hydrogens (tertiary/aromatic N) is 1. The number of hydrogen-bond acceptors (Lipinski definition) is 5. The number of carbonyl (C=O) groups excluding carboxylic acids is 1. The summed E-state index contributed by atoms with van der Waals surface area (Å²) in [6.45, 7) is 7.22. The van der Waals surface area contributed by atoms with Gasteiger partial charge in [-0.15, -0.1) is 0 Å². The fourth-order valence-corrected chi connectivity index (χ4v) is 2.18. The normalized spacial score (nSPS) is 14.3. The first-order valence-corrected chi connectivity index (χ1v) is 7.31. The van der Waals surface area contributed by atoms with Crippen LogP contribution in [-0.2, 0) is 14.3 Å². The van der Waals surface area contributed by atoms with Crippen LogP contribution >= 0.6 is 0 Å². The van der Waals surface area contributed by atoms with Gasteiger partial charge in [0.1, 0.15) is 0 Å². The molecule has 0 radical (unpaired) electrons. The molecule has 20 heavy (non-hydrogen) atoms. The molecule has 0 aliphatic carbocycles. The number of methoxy groups -OCH3 is 2. The Morgan fingerprint density at radius 3 is 2.55 bits per heavy atom. The zero-order valence-corrected chi connectivity index (χ0v) is 13.4. The fraction of sp³-hybridized carbons (Fsp3) is 0.929. The third-order valence-corrected chi connectivity index (χ3v) is 3.26. The van der Waals surface area contributed by atoms with Crippen molar-refractivity contribution in [2.45, 2.75) is 38.8 Å². The Balaban J connectivity index is 4.57. The van der Waals surface area contributed by atoms with E-state index >= 15 is 0 Å². The monoisotopic (exact) mass is 289 g/mol. The van der Waals surface area contributed by atoms with Gasteiger partial charge < -0.3 is 20.5 Å². The Hall–Kier alpha value is -0.690. The van der Waals surface area contributed by atoms with Gasteiger partial charge in [-0.1, -0.05) is 6.92 Å². The van der Waals surface area contributed by atoms with Crippen molar-refractivity contribution < 1.29 is 14.3 Å². The van der Waals surface area contributed by atoms with Crippen molar-refractivity contribution in [3.05, 3.63) is 0 Å². The van der Waals surface area contributed by atoms with E-state index in [1.165, 1.54) is 0 Å². The van der Waals surface area contributed by atoms with Gasteiger partial charge in [-0.2, -0.15) is 0 Å². The summed E-state index contributed by atoms with van der Waals surface area (Å²) in [5, 5.41) is 2.90. The molecular weight excluding hydrogens is 258 g/mol. The van der Waals surface area contributed by atoms with Crippen LogP contribution in [0, 0.1) is 0 Å². The first kappa shape index (κ1) is 19.3. The maximum Gasteiger partial charge on any atom is 0.221 e. The molecule has 0 saturated carbocycles. The second kappa shape index (κ2) is 12.1. The molecule has 0 bridgehead atoms. The zero-order valence-electron chi connectivity index (χ0n) is 13.4. The van der Waals surface area contributed by atoms with E-state index in [0.717, 1.165) is 13.0 Å². The van der Waals surface area contributed by atoms with Crippen molar-refractivity contribution in [1.29, 1.82) is 0 Å². The Morgan fingerprint density at radius 1 is 1.35 bits per heavy atom. The lowest BCUT2D eigenvalue weighted by Gasteiger charge is -2.35. The van der Waals surface area contributed by atoms with Crippen molar-refractivity contribution in [3.63, 3.8) is 0 Å². The van der Waals surface area contributed by atoms with Gasteiger partial charge in [-0.05, 0) is 13.3 Å². The topological polar surface area (TPSA) is 76.8 Å². The lowest BCUT2D eigenvalue weighted by atomic mass is 10.1. The molecule has 0 heterocycles. The summed E-state index contributed by atoms with van der Waals surface area (Å²) in [5.74, 6) is 0.0503. The molecule has 1 amide bonds. The Kier molecular flexibility index (Phi) is 11.7. The van der Waals surface area contributed by atoms with E-state index in [0.29, 0.717) is 32.7 Å². The molecule has 0 aliphatic heterocycles. The second-order valence-electron chi connectivity index (χ2n) is 4.98. The van der Waals surface area contributed by atoms with Gasteiger partial charge in [0.2, 0.25) is 5.91 Å². The molecule has 0 rings (SSSR count).